The van der Waals surface area contributed by atoms with Crippen molar-refractivity contribution in [2.24, 2.45) is 0 Å². The van der Waals surface area contributed by atoms with E-state index in [4.69, 9.17) is 4.74 Å². The van der Waals surface area contributed by atoms with Crippen molar-refractivity contribution in [3.63, 3.8) is 0 Å². The van der Waals surface area contributed by atoms with Gasteiger partial charge in [-0.2, -0.15) is 0 Å². The van der Waals surface area contributed by atoms with Crippen molar-refractivity contribution < 1.29 is 9.13 Å². The highest BCUT2D eigenvalue weighted by molar-refractivity contribution is 5.39. The van der Waals surface area contributed by atoms with Crippen LogP contribution in [0.3, 0.4) is 0 Å². The molecule has 0 saturated heterocycles. The second-order valence-electron chi connectivity index (χ2n) is 2.01. The highest BCUT2D eigenvalue weighted by Crippen LogP contribution is 2.30. The van der Waals surface area contributed by atoms with Crippen molar-refractivity contribution in [2.45, 2.75) is 6.61 Å². The molecule has 1 aromatic rings. The van der Waals surface area contributed by atoms with E-state index in [0.29, 0.717) is 17.9 Å². The third-order valence-corrected chi connectivity index (χ3v) is 1.45. The predicted molar refractivity (Wildman–Crippen MR) is 30.7 cm³/mol. The van der Waals surface area contributed by atoms with Gasteiger partial charge in [-0.15, -0.1) is 0 Å². The van der Waals surface area contributed by atoms with E-state index in [1.54, 1.807) is 12.1 Å². The summed E-state index contributed by atoms with van der Waals surface area (Å²) in [6, 6.07) is 4.86. The van der Waals surface area contributed by atoms with Gasteiger partial charge in [-0.05, 0) is 12.1 Å². The van der Waals surface area contributed by atoms with Crippen LogP contribution in [0.2, 0.25) is 0 Å². The van der Waals surface area contributed by atoms with Crippen LogP contribution in [0.5, 0.6) is 5.75 Å². The van der Waals surface area contributed by atoms with Crippen LogP contribution >= 0.6 is 0 Å². The third kappa shape index (κ3) is 0.529. The highest BCUT2D eigenvalue weighted by Gasteiger charge is 2.17. The quantitative estimate of drug-likeness (QED) is 0.511. The third-order valence-electron chi connectivity index (χ3n) is 1.45. The summed E-state index contributed by atoms with van der Waals surface area (Å²) >= 11 is 0. The van der Waals surface area contributed by atoms with Crippen LogP contribution in [0.25, 0.3) is 0 Å². The Morgan fingerprint density at radius 2 is 2.33 bits per heavy atom. The molecule has 0 bridgehead atoms. The van der Waals surface area contributed by atoms with Crippen molar-refractivity contribution in [1.82, 2.24) is 0 Å². The molecule has 0 aliphatic carbocycles. The van der Waals surface area contributed by atoms with Gasteiger partial charge in [-0.25, -0.2) is 4.39 Å². The van der Waals surface area contributed by atoms with Gasteiger partial charge in [-0.1, -0.05) is 6.07 Å². The molecule has 0 unspecified atom stereocenters. The normalized spacial score (nSPS) is 13.4. The number of rotatable bonds is 0. The van der Waals surface area contributed by atoms with Gasteiger partial charge in [0.1, 0.15) is 18.2 Å². The van der Waals surface area contributed by atoms with Crippen LogP contribution in [-0.4, -0.2) is 0 Å². The summed E-state index contributed by atoms with van der Waals surface area (Å²) in [5, 5.41) is 0. The van der Waals surface area contributed by atoms with Crippen LogP contribution < -0.4 is 4.74 Å². The van der Waals surface area contributed by atoms with E-state index in [9.17, 15) is 4.39 Å². The Bertz CT molecular complexity index is 230. The first-order valence-corrected chi connectivity index (χ1v) is 2.78. The first-order valence-electron chi connectivity index (χ1n) is 2.78. The largest absolute Gasteiger partial charge is 0.488 e. The van der Waals surface area contributed by atoms with E-state index in [2.05, 4.69) is 0 Å². The molecule has 0 atom stereocenters. The molecule has 2 heteroatoms. The van der Waals surface area contributed by atoms with Gasteiger partial charge < -0.3 is 4.74 Å². The first-order chi connectivity index (χ1) is 4.38. The van der Waals surface area contributed by atoms with E-state index >= 15 is 0 Å². The second-order valence-corrected chi connectivity index (χ2v) is 2.01. The van der Waals surface area contributed by atoms with Gasteiger partial charge in [0, 0.05) is 0 Å². The zero-order valence-electron chi connectivity index (χ0n) is 4.73. The lowest BCUT2D eigenvalue weighted by Gasteiger charge is -2.19. The van der Waals surface area contributed by atoms with E-state index in [0.717, 1.165) is 0 Å². The molecule has 2 rings (SSSR count). The van der Waals surface area contributed by atoms with Gasteiger partial charge >= 0.3 is 0 Å². The van der Waals surface area contributed by atoms with Crippen LogP contribution in [0, 0.1) is 5.82 Å². The summed E-state index contributed by atoms with van der Waals surface area (Å²) in [5.74, 6) is 0.536. The minimum absolute atomic E-state index is 0.154. The fourth-order valence-electron chi connectivity index (χ4n) is 0.884. The van der Waals surface area contributed by atoms with Gasteiger partial charge in [-0.3, -0.25) is 0 Å². The number of fused-ring (bicyclic) bond motifs is 1. The molecular formula is C7H5FO. The Balaban J connectivity index is 2.64. The van der Waals surface area contributed by atoms with E-state index in [-0.39, 0.29) is 5.82 Å². The van der Waals surface area contributed by atoms with Crippen molar-refractivity contribution in [3.8, 4) is 5.75 Å². The molecule has 1 aromatic carbocycles. The monoisotopic (exact) mass is 124 g/mol. The fourth-order valence-corrected chi connectivity index (χ4v) is 0.884. The summed E-state index contributed by atoms with van der Waals surface area (Å²) in [4.78, 5) is 0. The fraction of sp³-hybridized carbons (Fsp3) is 0.143. The lowest BCUT2D eigenvalue weighted by molar-refractivity contribution is 0.233. The standard InChI is InChI=1S/C7H5FO/c8-6-2-1-3-7-5(6)4-9-7/h1-3H,4H2. The Kier molecular flexibility index (Phi) is 0.781. The Labute approximate surface area is 52.1 Å². The number of benzene rings is 1. The summed E-state index contributed by atoms with van der Waals surface area (Å²) in [7, 11) is 0. The Morgan fingerprint density at radius 3 is 2.78 bits per heavy atom. The lowest BCUT2D eigenvalue weighted by Crippen LogP contribution is -2.10. The van der Waals surface area contributed by atoms with Crippen molar-refractivity contribution in [3.05, 3.63) is 29.6 Å². The number of hydrogen-bond acceptors (Lipinski definition) is 1. The SMILES string of the molecule is Fc1cccc2c1CO2. The number of hydrogen-bond donors (Lipinski definition) is 0. The maximum absolute atomic E-state index is 12.6. The molecule has 0 spiro atoms. The second kappa shape index (κ2) is 1.47. The maximum atomic E-state index is 12.6. The number of halogens is 1. The minimum Gasteiger partial charge on any atom is -0.488 e. The zero-order valence-corrected chi connectivity index (χ0v) is 4.73. The summed E-state index contributed by atoms with van der Waals surface area (Å²) < 4.78 is 17.5. The number of ether oxygens (including phenoxy) is 1. The maximum Gasteiger partial charge on any atom is 0.133 e. The van der Waals surface area contributed by atoms with Gasteiger partial charge in [0.15, 0.2) is 0 Å². The Morgan fingerprint density at radius 1 is 1.44 bits per heavy atom. The summed E-state index contributed by atoms with van der Waals surface area (Å²) in [6.07, 6.45) is 0. The average molecular weight is 124 g/mol. The minimum atomic E-state index is -0.154. The van der Waals surface area contributed by atoms with Crippen molar-refractivity contribution >= 4 is 0 Å². The van der Waals surface area contributed by atoms with Crippen LogP contribution in [0.4, 0.5) is 4.39 Å². The van der Waals surface area contributed by atoms with Gasteiger partial charge in [0.25, 0.3) is 0 Å². The predicted octanol–water partition coefficient (Wildman–Crippen LogP) is 1.72. The molecule has 1 heterocycles. The van der Waals surface area contributed by atoms with Crippen molar-refractivity contribution in [1.29, 1.82) is 0 Å². The van der Waals surface area contributed by atoms with Crippen molar-refractivity contribution in [2.75, 3.05) is 0 Å². The molecule has 0 amide bonds. The molecule has 9 heavy (non-hydrogen) atoms. The molecule has 0 N–H and O–H groups in total. The summed E-state index contributed by atoms with van der Waals surface area (Å²) in [6.45, 7) is 0.433. The molecular weight excluding hydrogens is 119 g/mol. The molecule has 1 aliphatic rings. The molecule has 0 radical (unpaired) electrons. The summed E-state index contributed by atoms with van der Waals surface area (Å²) in [5.41, 5.74) is 0.706. The molecule has 0 fully saturated rings. The topological polar surface area (TPSA) is 9.23 Å². The molecule has 0 saturated carbocycles. The van der Waals surface area contributed by atoms with E-state index < -0.39 is 0 Å². The zero-order chi connectivity index (χ0) is 6.27. The molecule has 46 valence electrons. The first kappa shape index (κ1) is 4.79. The molecule has 0 aromatic heterocycles. The smallest absolute Gasteiger partial charge is 0.133 e. The molecule has 1 aliphatic heterocycles. The van der Waals surface area contributed by atoms with E-state index in [1.165, 1.54) is 6.07 Å². The average Bonchev–Trinajstić information content (AvgIpc) is 1.74. The van der Waals surface area contributed by atoms with Crippen LogP contribution in [0.15, 0.2) is 18.2 Å². The molecule has 1 nitrogen and oxygen atoms in total. The van der Waals surface area contributed by atoms with Gasteiger partial charge in [0.05, 0.1) is 5.56 Å². The Hall–Kier alpha value is -1.05. The van der Waals surface area contributed by atoms with E-state index in [1.807, 2.05) is 0 Å². The highest BCUT2D eigenvalue weighted by atomic mass is 19.1. The lowest BCUT2D eigenvalue weighted by atomic mass is 10.1. The van der Waals surface area contributed by atoms with Crippen LogP contribution in [0.1, 0.15) is 5.56 Å². The van der Waals surface area contributed by atoms with Gasteiger partial charge in [0.2, 0.25) is 0 Å². The van der Waals surface area contributed by atoms with Crippen LogP contribution in [-0.2, 0) is 6.61 Å².